The van der Waals surface area contributed by atoms with Crippen LogP contribution in [-0.2, 0) is 10.0 Å². The summed E-state index contributed by atoms with van der Waals surface area (Å²) in [7, 11) is -5.92. The second-order valence-corrected chi connectivity index (χ2v) is 20.4. The molecule has 46 heavy (non-hydrogen) atoms. The highest BCUT2D eigenvalue weighted by molar-refractivity contribution is 7.90. The minimum absolute atomic E-state index is 0.217. The Balaban J connectivity index is 1.56. The maximum absolute atomic E-state index is 14.0. The van der Waals surface area contributed by atoms with Gasteiger partial charge < -0.3 is 8.97 Å². The summed E-state index contributed by atoms with van der Waals surface area (Å²) >= 11 is 0. The first-order chi connectivity index (χ1) is 22.0. The molecule has 0 N–H and O–H groups in total. The van der Waals surface area contributed by atoms with Crippen molar-refractivity contribution in [1.29, 1.82) is 0 Å². The molecule has 6 aromatic rings. The molecule has 0 unspecified atom stereocenters. The standard InChI is InChI=1S/C38H41N3O3SSi/c1-27(2)46(28(3)4,29(5)6)40-22-21-30(25-40)36-26-41(45(42,43)33-17-11-8-12-18-33)38-35(36)23-31(24-39-38)34-19-13-14-20-37(34)44-32-15-9-7-10-16-32/h7-29H,1-6H3. The van der Waals surface area contributed by atoms with Crippen molar-refractivity contribution in [2.45, 2.75) is 63.1 Å². The molecule has 0 fully saturated rings. The second-order valence-electron chi connectivity index (χ2n) is 12.8. The van der Waals surface area contributed by atoms with Gasteiger partial charge in [0.15, 0.2) is 13.9 Å². The summed E-state index contributed by atoms with van der Waals surface area (Å²) in [6.45, 7) is 14.1. The predicted octanol–water partition coefficient (Wildman–Crippen LogP) is 10.2. The van der Waals surface area contributed by atoms with E-state index in [0.29, 0.717) is 28.0 Å². The van der Waals surface area contributed by atoms with Crippen LogP contribution in [-0.4, -0.2) is 29.8 Å². The molecule has 3 aromatic carbocycles. The van der Waals surface area contributed by atoms with Gasteiger partial charge in [-0.05, 0) is 65.3 Å². The monoisotopic (exact) mass is 647 g/mol. The molecule has 0 amide bonds. The fourth-order valence-corrected chi connectivity index (χ4v) is 15.3. The summed E-state index contributed by atoms with van der Waals surface area (Å²) in [6, 6.07) is 30.2. The SMILES string of the molecule is CC(C)[Si](C(C)C)(C(C)C)n1ccc(-c2cn(S(=O)(=O)c3ccccc3)c3ncc(-c4ccccc4Oc4ccccc4)cc23)c1. The van der Waals surface area contributed by atoms with Crippen molar-refractivity contribution >= 4 is 29.3 Å². The number of rotatable bonds is 10. The van der Waals surface area contributed by atoms with Crippen molar-refractivity contribution in [3.05, 3.63) is 122 Å². The topological polar surface area (TPSA) is 66.1 Å². The van der Waals surface area contributed by atoms with Crippen LogP contribution in [0.3, 0.4) is 0 Å². The highest BCUT2D eigenvalue weighted by Gasteiger charge is 2.45. The van der Waals surface area contributed by atoms with Crippen molar-refractivity contribution in [3.8, 4) is 33.8 Å². The number of ether oxygens (including phenoxy) is 1. The Bertz CT molecular complexity index is 2060. The Morgan fingerprint density at radius 2 is 1.30 bits per heavy atom. The van der Waals surface area contributed by atoms with Crippen LogP contribution in [0.4, 0.5) is 0 Å². The van der Waals surface area contributed by atoms with Crippen molar-refractivity contribution in [3.63, 3.8) is 0 Å². The number of nitrogens with zero attached hydrogens (tertiary/aromatic N) is 3. The molecule has 3 heterocycles. The van der Waals surface area contributed by atoms with E-state index in [1.807, 2.05) is 66.7 Å². The third-order valence-corrected chi connectivity index (χ3v) is 17.7. The molecule has 0 saturated heterocycles. The van der Waals surface area contributed by atoms with Crippen LogP contribution in [0.5, 0.6) is 11.5 Å². The molecule has 0 aliphatic rings. The Labute approximate surface area is 273 Å². The maximum atomic E-state index is 14.0. The van der Waals surface area contributed by atoms with Crippen molar-refractivity contribution in [1.82, 2.24) is 13.2 Å². The zero-order chi connectivity index (χ0) is 32.6. The number of pyridine rings is 1. The lowest BCUT2D eigenvalue weighted by Crippen LogP contribution is -2.51. The van der Waals surface area contributed by atoms with Gasteiger partial charge in [-0.25, -0.2) is 17.4 Å². The first-order valence-corrected chi connectivity index (χ1v) is 19.5. The van der Waals surface area contributed by atoms with Crippen LogP contribution in [0.15, 0.2) is 127 Å². The molecule has 8 heteroatoms. The largest absolute Gasteiger partial charge is 0.457 e. The van der Waals surface area contributed by atoms with Crippen molar-refractivity contribution in [2.24, 2.45) is 0 Å². The van der Waals surface area contributed by atoms with Gasteiger partial charge >= 0.3 is 0 Å². The summed E-state index contributed by atoms with van der Waals surface area (Å²) in [5.41, 5.74) is 5.43. The number of hydrogen-bond acceptors (Lipinski definition) is 4. The van der Waals surface area contributed by atoms with E-state index in [1.54, 1.807) is 36.7 Å². The number of fused-ring (bicyclic) bond motifs is 1. The highest BCUT2D eigenvalue weighted by atomic mass is 32.2. The first kappa shape index (κ1) is 31.6. The molecule has 6 rings (SSSR count). The summed E-state index contributed by atoms with van der Waals surface area (Å²) in [5.74, 6) is 1.43. The molecule has 0 spiro atoms. The van der Waals surface area contributed by atoms with Gasteiger partial charge in [0.1, 0.15) is 11.5 Å². The van der Waals surface area contributed by atoms with Crippen LogP contribution in [0, 0.1) is 0 Å². The number of benzene rings is 3. The highest BCUT2D eigenvalue weighted by Crippen LogP contribution is 2.44. The molecule has 6 nitrogen and oxygen atoms in total. The third-order valence-electron chi connectivity index (χ3n) is 9.31. The van der Waals surface area contributed by atoms with Crippen LogP contribution >= 0.6 is 0 Å². The fraction of sp³-hybridized carbons (Fsp3) is 0.237. The lowest BCUT2D eigenvalue weighted by molar-refractivity contribution is 0.484. The zero-order valence-electron chi connectivity index (χ0n) is 27.3. The van der Waals surface area contributed by atoms with Crippen LogP contribution in [0.1, 0.15) is 41.5 Å². The van der Waals surface area contributed by atoms with Gasteiger partial charge in [-0.3, -0.25) is 0 Å². The molecule has 0 bridgehead atoms. The number of hydrogen-bond donors (Lipinski definition) is 0. The lowest BCUT2D eigenvalue weighted by atomic mass is 10.0. The normalized spacial score (nSPS) is 12.5. The number of aromatic nitrogens is 3. The third kappa shape index (κ3) is 5.39. The smallest absolute Gasteiger partial charge is 0.269 e. The van der Waals surface area contributed by atoms with E-state index in [4.69, 9.17) is 9.72 Å². The van der Waals surface area contributed by atoms with Gasteiger partial charge in [0.25, 0.3) is 10.0 Å². The predicted molar refractivity (Wildman–Crippen MR) is 191 cm³/mol. The maximum Gasteiger partial charge on any atom is 0.269 e. The number of para-hydroxylation sites is 2. The summed E-state index contributed by atoms with van der Waals surface area (Å²) in [6.07, 6.45) is 7.91. The zero-order valence-corrected chi connectivity index (χ0v) is 29.1. The van der Waals surface area contributed by atoms with Gasteiger partial charge in [0.2, 0.25) is 0 Å². The van der Waals surface area contributed by atoms with Crippen LogP contribution < -0.4 is 4.74 Å². The van der Waals surface area contributed by atoms with Crippen molar-refractivity contribution in [2.75, 3.05) is 0 Å². The Morgan fingerprint density at radius 1 is 0.696 bits per heavy atom. The minimum atomic E-state index is -3.91. The van der Waals surface area contributed by atoms with E-state index in [9.17, 15) is 8.42 Å². The van der Waals surface area contributed by atoms with E-state index in [2.05, 4.69) is 64.2 Å². The summed E-state index contributed by atoms with van der Waals surface area (Å²) in [4.78, 5) is 5.03. The molecule has 0 aliphatic carbocycles. The minimum Gasteiger partial charge on any atom is -0.457 e. The van der Waals surface area contributed by atoms with Gasteiger partial charge in [-0.1, -0.05) is 96.1 Å². The van der Waals surface area contributed by atoms with Gasteiger partial charge in [0.05, 0.1) is 4.90 Å². The van der Waals surface area contributed by atoms with E-state index < -0.39 is 18.3 Å². The molecule has 236 valence electrons. The summed E-state index contributed by atoms with van der Waals surface area (Å²) in [5, 5.41) is 0.759. The molecule has 3 aromatic heterocycles. The average Bonchev–Trinajstić information content (AvgIpc) is 3.67. The molecule has 0 aliphatic heterocycles. The average molecular weight is 648 g/mol. The molecule has 0 saturated carbocycles. The Hall–Kier alpha value is -4.40. The molecular formula is C38H41N3O3SSi. The molecule has 0 radical (unpaired) electrons. The van der Waals surface area contributed by atoms with Crippen LogP contribution in [0.2, 0.25) is 16.6 Å². The van der Waals surface area contributed by atoms with E-state index in [-0.39, 0.29) is 4.90 Å². The van der Waals surface area contributed by atoms with E-state index >= 15 is 0 Å². The van der Waals surface area contributed by atoms with Crippen molar-refractivity contribution < 1.29 is 13.2 Å². The Kier molecular flexibility index (Phi) is 8.52. The second kappa shape index (κ2) is 12.4. The first-order valence-electron chi connectivity index (χ1n) is 15.9. The summed E-state index contributed by atoms with van der Waals surface area (Å²) < 4.78 is 38.2. The van der Waals surface area contributed by atoms with E-state index in [0.717, 1.165) is 33.4 Å². The van der Waals surface area contributed by atoms with Gasteiger partial charge in [-0.15, -0.1) is 0 Å². The Morgan fingerprint density at radius 3 is 1.96 bits per heavy atom. The molecule has 0 atom stereocenters. The molecular weight excluding hydrogens is 607 g/mol. The quantitative estimate of drug-likeness (QED) is 0.139. The van der Waals surface area contributed by atoms with Gasteiger partial charge in [0, 0.05) is 46.2 Å². The fourth-order valence-electron chi connectivity index (χ4n) is 7.45. The lowest BCUT2D eigenvalue weighted by Gasteiger charge is -2.44. The van der Waals surface area contributed by atoms with E-state index in [1.165, 1.54) is 3.97 Å². The van der Waals surface area contributed by atoms with Crippen LogP contribution in [0.25, 0.3) is 33.3 Å². The van der Waals surface area contributed by atoms with Gasteiger partial charge in [-0.2, -0.15) is 0 Å².